The van der Waals surface area contributed by atoms with Crippen molar-refractivity contribution < 1.29 is 19.1 Å². The topological polar surface area (TPSA) is 108 Å². The van der Waals surface area contributed by atoms with E-state index in [0.717, 1.165) is 0 Å². The summed E-state index contributed by atoms with van der Waals surface area (Å²) in [5, 5.41) is 14.4. The molecule has 2 heterocycles. The van der Waals surface area contributed by atoms with Crippen molar-refractivity contribution in [3.8, 4) is 5.88 Å². The Hall–Kier alpha value is -2.14. The van der Waals surface area contributed by atoms with E-state index in [2.05, 4.69) is 20.6 Å². The van der Waals surface area contributed by atoms with Crippen LogP contribution in [0.4, 0.5) is 5.13 Å². The van der Waals surface area contributed by atoms with Gasteiger partial charge in [-0.15, -0.1) is 15.3 Å². The van der Waals surface area contributed by atoms with Crippen LogP contribution in [0, 0.1) is 0 Å². The second-order valence-corrected chi connectivity index (χ2v) is 7.13. The Labute approximate surface area is 146 Å². The van der Waals surface area contributed by atoms with Gasteiger partial charge in [0.25, 0.3) is 5.91 Å². The molecule has 2 aromatic rings. The second-order valence-electron chi connectivity index (χ2n) is 4.57. The second kappa shape index (κ2) is 8.11. The van der Waals surface area contributed by atoms with E-state index in [9.17, 15) is 9.59 Å². The minimum absolute atomic E-state index is 0.227. The number of carbonyl (C=O) groups is 2. The summed E-state index contributed by atoms with van der Waals surface area (Å²) in [6.07, 6.45) is 1.55. The minimum atomic E-state index is -0.403. The highest BCUT2D eigenvalue weighted by molar-refractivity contribution is 8.02. The molecule has 0 aliphatic rings. The van der Waals surface area contributed by atoms with Crippen LogP contribution in [0.5, 0.6) is 5.88 Å². The first-order valence-electron chi connectivity index (χ1n) is 7.00. The number of aryl methyl sites for hydroxylation is 1. The number of amides is 1. The molecule has 0 saturated heterocycles. The molecule has 1 atom stereocenters. The summed E-state index contributed by atoms with van der Waals surface area (Å²) < 4.78 is 12.0. The van der Waals surface area contributed by atoms with Crippen LogP contribution in [0.2, 0.25) is 0 Å². The first kappa shape index (κ1) is 18.2. The Morgan fingerprint density at radius 2 is 2.21 bits per heavy atom. The predicted octanol–water partition coefficient (Wildman–Crippen LogP) is 1.58. The van der Waals surface area contributed by atoms with E-state index in [1.165, 1.54) is 34.9 Å². The lowest BCUT2D eigenvalue weighted by Gasteiger charge is -2.06. The Morgan fingerprint density at radius 1 is 1.46 bits per heavy atom. The third-order valence-corrected chi connectivity index (χ3v) is 4.76. The number of carbonyl (C=O) groups excluding carboxylic acids is 2. The summed E-state index contributed by atoms with van der Waals surface area (Å²) >= 11 is 2.40. The molecule has 0 radical (unpaired) electrons. The molecule has 0 unspecified atom stereocenters. The molecule has 0 aliphatic carbocycles. The zero-order valence-electron chi connectivity index (χ0n) is 13.6. The maximum absolute atomic E-state index is 12.2. The fourth-order valence-electron chi connectivity index (χ4n) is 1.71. The quantitative estimate of drug-likeness (QED) is 0.444. The van der Waals surface area contributed by atoms with E-state index in [0.29, 0.717) is 21.6 Å². The largest absolute Gasteiger partial charge is 0.479 e. The molecule has 0 saturated carbocycles. The van der Waals surface area contributed by atoms with Gasteiger partial charge >= 0.3 is 5.97 Å². The van der Waals surface area contributed by atoms with Crippen LogP contribution >= 0.6 is 23.1 Å². The number of aromatic nitrogens is 4. The Balaban J connectivity index is 2.00. The first-order chi connectivity index (χ1) is 11.4. The molecule has 0 aromatic carbocycles. The van der Waals surface area contributed by atoms with Crippen molar-refractivity contribution in [2.24, 2.45) is 7.05 Å². The zero-order chi connectivity index (χ0) is 17.7. The van der Waals surface area contributed by atoms with Crippen LogP contribution in [-0.4, -0.2) is 50.8 Å². The lowest BCUT2D eigenvalue weighted by Crippen LogP contribution is -2.16. The van der Waals surface area contributed by atoms with Crippen LogP contribution in [0.3, 0.4) is 0 Å². The molecular formula is C13H17N5O4S2. The predicted molar refractivity (Wildman–Crippen MR) is 89.6 cm³/mol. The van der Waals surface area contributed by atoms with Gasteiger partial charge in [0, 0.05) is 13.2 Å². The summed E-state index contributed by atoms with van der Waals surface area (Å²) in [4.78, 5) is 23.9. The van der Waals surface area contributed by atoms with E-state index in [1.807, 2.05) is 0 Å². The van der Waals surface area contributed by atoms with Crippen molar-refractivity contribution in [1.82, 2.24) is 20.0 Å². The van der Waals surface area contributed by atoms with Crippen molar-refractivity contribution in [2.45, 2.75) is 23.4 Å². The fourth-order valence-corrected chi connectivity index (χ4v) is 3.60. The highest BCUT2D eigenvalue weighted by atomic mass is 32.2. The van der Waals surface area contributed by atoms with E-state index in [4.69, 9.17) is 9.47 Å². The maximum Gasteiger partial charge on any atom is 0.319 e. The number of nitrogens with zero attached hydrogens (tertiary/aromatic N) is 4. The van der Waals surface area contributed by atoms with Gasteiger partial charge < -0.3 is 9.47 Å². The van der Waals surface area contributed by atoms with Crippen LogP contribution in [-0.2, 0) is 16.6 Å². The molecule has 24 heavy (non-hydrogen) atoms. The summed E-state index contributed by atoms with van der Waals surface area (Å²) in [6, 6.07) is 0. The zero-order valence-corrected chi connectivity index (χ0v) is 15.2. The van der Waals surface area contributed by atoms with E-state index in [1.54, 1.807) is 27.1 Å². The molecule has 0 bridgehead atoms. The van der Waals surface area contributed by atoms with Crippen LogP contribution in [0.1, 0.15) is 24.2 Å². The number of hydrogen-bond acceptors (Lipinski definition) is 9. The van der Waals surface area contributed by atoms with E-state index < -0.39 is 11.2 Å². The average molecular weight is 371 g/mol. The smallest absolute Gasteiger partial charge is 0.319 e. The molecule has 0 spiro atoms. The lowest BCUT2D eigenvalue weighted by molar-refractivity contribution is -0.142. The minimum Gasteiger partial charge on any atom is -0.479 e. The molecule has 2 rings (SSSR count). The SMILES string of the molecule is CCOC(=O)[C@H](C)Sc1nnc(NC(=O)c2cn(C)nc2OC)s1. The number of hydrogen-bond donors (Lipinski definition) is 1. The highest BCUT2D eigenvalue weighted by Crippen LogP contribution is 2.29. The van der Waals surface area contributed by atoms with Crippen LogP contribution in [0.15, 0.2) is 10.5 Å². The van der Waals surface area contributed by atoms with Crippen LogP contribution < -0.4 is 10.1 Å². The van der Waals surface area contributed by atoms with Crippen LogP contribution in [0.25, 0.3) is 0 Å². The Morgan fingerprint density at radius 3 is 2.88 bits per heavy atom. The van der Waals surface area contributed by atoms with Gasteiger partial charge in [-0.1, -0.05) is 23.1 Å². The molecule has 9 nitrogen and oxygen atoms in total. The summed E-state index contributed by atoms with van der Waals surface area (Å²) in [6.45, 7) is 3.80. The molecule has 1 N–H and O–H groups in total. The Kier molecular flexibility index (Phi) is 6.15. The number of anilines is 1. The van der Waals surface area contributed by atoms with Crippen molar-refractivity contribution >= 4 is 40.1 Å². The fraction of sp³-hybridized carbons (Fsp3) is 0.462. The molecule has 1 amide bonds. The van der Waals surface area contributed by atoms with Gasteiger partial charge in [-0.25, -0.2) is 0 Å². The number of rotatable bonds is 7. The Bertz CT molecular complexity index is 730. The van der Waals surface area contributed by atoms with Crippen molar-refractivity contribution in [1.29, 1.82) is 0 Å². The lowest BCUT2D eigenvalue weighted by atomic mass is 10.3. The third-order valence-electron chi connectivity index (χ3n) is 2.76. The van der Waals surface area contributed by atoms with Crippen molar-refractivity contribution in [3.63, 3.8) is 0 Å². The third kappa shape index (κ3) is 4.45. The number of ether oxygens (including phenoxy) is 2. The summed E-state index contributed by atoms with van der Waals surface area (Å²) in [7, 11) is 3.13. The molecule has 0 aliphatic heterocycles. The van der Waals surface area contributed by atoms with E-state index >= 15 is 0 Å². The number of esters is 1. The van der Waals surface area contributed by atoms with Crippen molar-refractivity contribution in [3.05, 3.63) is 11.8 Å². The summed E-state index contributed by atoms with van der Waals surface area (Å²) in [5.41, 5.74) is 0.296. The maximum atomic E-state index is 12.2. The van der Waals surface area contributed by atoms with Gasteiger partial charge in [0.15, 0.2) is 4.34 Å². The van der Waals surface area contributed by atoms with Gasteiger partial charge in [-0.05, 0) is 13.8 Å². The first-order valence-corrected chi connectivity index (χ1v) is 8.70. The molecule has 2 aromatic heterocycles. The van der Waals surface area contributed by atoms with Gasteiger partial charge in [0.1, 0.15) is 10.8 Å². The van der Waals surface area contributed by atoms with Gasteiger partial charge in [0.2, 0.25) is 11.0 Å². The van der Waals surface area contributed by atoms with Gasteiger partial charge in [0.05, 0.1) is 13.7 Å². The average Bonchev–Trinajstić information content (AvgIpc) is 3.13. The number of nitrogens with one attached hydrogen (secondary N) is 1. The molecule has 0 fully saturated rings. The standard InChI is InChI=1S/C13H17N5O4S2/c1-5-22-11(20)7(2)23-13-16-15-12(24-13)14-9(19)8-6-18(3)17-10(8)21-4/h6-7H,5H2,1-4H3,(H,14,15,19)/t7-/m0/s1. The molecule has 130 valence electrons. The highest BCUT2D eigenvalue weighted by Gasteiger charge is 2.20. The molecular weight excluding hydrogens is 354 g/mol. The number of thioether (sulfide) groups is 1. The number of methoxy groups -OCH3 is 1. The monoisotopic (exact) mass is 371 g/mol. The van der Waals surface area contributed by atoms with E-state index in [-0.39, 0.29) is 11.8 Å². The summed E-state index contributed by atoms with van der Waals surface area (Å²) in [5.74, 6) is -0.487. The van der Waals surface area contributed by atoms with Crippen molar-refractivity contribution in [2.75, 3.05) is 19.0 Å². The van der Waals surface area contributed by atoms with Gasteiger partial charge in [-0.3, -0.25) is 19.6 Å². The van der Waals surface area contributed by atoms with Gasteiger partial charge in [-0.2, -0.15) is 0 Å². The normalized spacial score (nSPS) is 11.8. The molecule has 11 heteroatoms.